The summed E-state index contributed by atoms with van der Waals surface area (Å²) in [5, 5.41) is 0. The molecule has 1 atom stereocenters. The van der Waals surface area contributed by atoms with Crippen LogP contribution in [-0.4, -0.2) is 45.3 Å². The Morgan fingerprint density at radius 1 is 1.50 bits per heavy atom. The number of hydrogen-bond acceptors (Lipinski definition) is 3. The maximum atomic E-state index is 5.11. The molecule has 64 valence electrons. The molecular formula is C6H17IN2O. The van der Waals surface area contributed by atoms with E-state index in [1.807, 2.05) is 26.0 Å². The van der Waals surface area contributed by atoms with Crippen LogP contribution in [0.2, 0.25) is 0 Å². The lowest BCUT2D eigenvalue weighted by atomic mass is 10.5. The predicted molar refractivity (Wildman–Crippen MR) is 53.8 cm³/mol. The molecule has 0 bridgehead atoms. The van der Waals surface area contributed by atoms with Gasteiger partial charge in [0.15, 0.2) is 0 Å². The van der Waals surface area contributed by atoms with Gasteiger partial charge in [0, 0.05) is 6.54 Å². The molecule has 1 saturated heterocycles. The van der Waals surface area contributed by atoms with E-state index in [1.165, 1.54) is 0 Å². The molecule has 0 aromatic rings. The van der Waals surface area contributed by atoms with Crippen LogP contribution >= 0.6 is 24.0 Å². The number of halogens is 1. The van der Waals surface area contributed by atoms with Gasteiger partial charge in [-0.1, -0.05) is 0 Å². The summed E-state index contributed by atoms with van der Waals surface area (Å²) in [6.45, 7) is 1.58. The van der Waals surface area contributed by atoms with Gasteiger partial charge in [-0.05, 0) is 21.1 Å². The van der Waals surface area contributed by atoms with Crippen LogP contribution in [0.4, 0.5) is 0 Å². The number of nitrogens with zero attached hydrogens (tertiary/aromatic N) is 1. The molecule has 1 aliphatic heterocycles. The van der Waals surface area contributed by atoms with Gasteiger partial charge in [0.2, 0.25) is 0 Å². The number of epoxide rings is 1. The van der Waals surface area contributed by atoms with E-state index in [1.54, 1.807) is 0 Å². The lowest BCUT2D eigenvalue weighted by molar-refractivity contribution is 0.412. The maximum absolute atomic E-state index is 5.11. The summed E-state index contributed by atoms with van der Waals surface area (Å²) >= 11 is 0. The van der Waals surface area contributed by atoms with E-state index in [2.05, 4.69) is 0 Å². The van der Waals surface area contributed by atoms with Gasteiger partial charge < -0.3 is 15.4 Å². The fourth-order valence-electron chi connectivity index (χ4n) is 0.204. The zero-order chi connectivity index (χ0) is 7.28. The van der Waals surface area contributed by atoms with E-state index in [-0.39, 0.29) is 24.0 Å². The van der Waals surface area contributed by atoms with Crippen LogP contribution in [0.25, 0.3) is 0 Å². The Morgan fingerprint density at radius 2 is 1.80 bits per heavy atom. The van der Waals surface area contributed by atoms with Crippen molar-refractivity contribution in [1.82, 2.24) is 4.90 Å². The van der Waals surface area contributed by atoms with Crippen LogP contribution < -0.4 is 5.73 Å². The topological polar surface area (TPSA) is 41.8 Å². The van der Waals surface area contributed by atoms with Gasteiger partial charge in [0.25, 0.3) is 0 Å². The minimum atomic E-state index is 0. The van der Waals surface area contributed by atoms with Gasteiger partial charge in [0.05, 0.1) is 12.7 Å². The van der Waals surface area contributed by atoms with Crippen LogP contribution in [0.3, 0.4) is 0 Å². The Bertz CT molecular complexity index is 64.0. The van der Waals surface area contributed by atoms with Crippen molar-refractivity contribution in [3.63, 3.8) is 0 Å². The van der Waals surface area contributed by atoms with Crippen molar-refractivity contribution >= 4 is 24.0 Å². The molecule has 0 spiro atoms. The molecule has 0 saturated carbocycles. The van der Waals surface area contributed by atoms with Gasteiger partial charge in [0.1, 0.15) is 0 Å². The molecule has 1 heterocycles. The summed E-state index contributed by atoms with van der Waals surface area (Å²) < 4.78 is 4.73. The van der Waals surface area contributed by atoms with Crippen LogP contribution in [-0.2, 0) is 4.74 Å². The molecule has 1 unspecified atom stereocenters. The fourth-order valence-corrected chi connectivity index (χ4v) is 0.204. The summed E-state index contributed by atoms with van der Waals surface area (Å²) in [6, 6.07) is 0. The number of ether oxygens (including phenoxy) is 1. The molecular weight excluding hydrogens is 243 g/mol. The smallest absolute Gasteiger partial charge is 0.0931 e. The van der Waals surface area contributed by atoms with E-state index < -0.39 is 0 Å². The summed E-state index contributed by atoms with van der Waals surface area (Å²) in [5.41, 5.74) is 5.11. The first kappa shape index (κ1) is 13.2. The van der Waals surface area contributed by atoms with Crippen LogP contribution in [0.5, 0.6) is 0 Å². The zero-order valence-electron chi connectivity index (χ0n) is 6.83. The van der Waals surface area contributed by atoms with Crippen molar-refractivity contribution in [2.75, 3.05) is 34.3 Å². The fraction of sp³-hybridized carbons (Fsp3) is 1.00. The average molecular weight is 260 g/mol. The minimum Gasteiger partial charge on any atom is -0.372 e. The second kappa shape index (κ2) is 7.71. The lowest BCUT2D eigenvalue weighted by Gasteiger charge is -1.90. The number of nitrogens with two attached hydrogens (primary N) is 1. The Kier molecular flexibility index (Phi) is 10.2. The molecule has 0 radical (unpaired) electrons. The highest BCUT2D eigenvalue weighted by atomic mass is 127. The first-order valence-electron chi connectivity index (χ1n) is 3.09. The van der Waals surface area contributed by atoms with E-state index in [0.29, 0.717) is 12.6 Å². The molecule has 0 amide bonds. The molecule has 0 aromatic heterocycles. The normalized spacial score (nSPS) is 20.7. The van der Waals surface area contributed by atoms with E-state index in [4.69, 9.17) is 10.5 Å². The number of rotatable bonds is 1. The highest BCUT2D eigenvalue weighted by Gasteiger charge is 2.18. The zero-order valence-corrected chi connectivity index (χ0v) is 9.16. The van der Waals surface area contributed by atoms with Gasteiger partial charge in [-0.3, -0.25) is 0 Å². The summed E-state index contributed by atoms with van der Waals surface area (Å²) in [4.78, 5) is 2.00. The van der Waals surface area contributed by atoms with Crippen molar-refractivity contribution in [2.45, 2.75) is 6.10 Å². The Morgan fingerprint density at radius 3 is 1.80 bits per heavy atom. The second-order valence-corrected chi connectivity index (χ2v) is 2.53. The second-order valence-electron chi connectivity index (χ2n) is 2.53. The summed E-state index contributed by atoms with van der Waals surface area (Å²) in [6.07, 6.45) is 0.412. The Labute approximate surface area is 79.9 Å². The lowest BCUT2D eigenvalue weighted by Crippen LogP contribution is -2.05. The van der Waals surface area contributed by atoms with Crippen molar-refractivity contribution in [3.05, 3.63) is 0 Å². The molecule has 4 heteroatoms. The molecule has 0 aromatic carbocycles. The average Bonchev–Trinajstić information content (AvgIpc) is 2.43. The van der Waals surface area contributed by atoms with Crippen LogP contribution in [0, 0.1) is 0 Å². The molecule has 1 fully saturated rings. The molecule has 2 N–H and O–H groups in total. The Balaban J connectivity index is 0. The molecule has 0 aliphatic carbocycles. The van der Waals surface area contributed by atoms with Gasteiger partial charge in [-0.2, -0.15) is 0 Å². The van der Waals surface area contributed by atoms with Crippen LogP contribution in [0.1, 0.15) is 0 Å². The maximum Gasteiger partial charge on any atom is 0.0931 e. The quantitative estimate of drug-likeness (QED) is 0.538. The third-order valence-corrected chi connectivity index (χ3v) is 0.665. The number of hydrogen-bond donors (Lipinski definition) is 1. The van der Waals surface area contributed by atoms with Crippen LogP contribution in [0.15, 0.2) is 0 Å². The monoisotopic (exact) mass is 260 g/mol. The third kappa shape index (κ3) is 15.8. The first-order valence-corrected chi connectivity index (χ1v) is 3.09. The predicted octanol–water partition coefficient (Wildman–Crippen LogP) is 0.140. The van der Waals surface area contributed by atoms with Gasteiger partial charge in [-0.15, -0.1) is 24.0 Å². The first-order chi connectivity index (χ1) is 4.16. The minimum absolute atomic E-state index is 0. The van der Waals surface area contributed by atoms with Crippen molar-refractivity contribution < 1.29 is 4.74 Å². The summed E-state index contributed by atoms with van der Waals surface area (Å²) in [5.74, 6) is 0. The van der Waals surface area contributed by atoms with E-state index in [9.17, 15) is 0 Å². The third-order valence-electron chi connectivity index (χ3n) is 0.665. The molecule has 3 nitrogen and oxygen atoms in total. The molecule has 1 aliphatic rings. The highest BCUT2D eigenvalue weighted by molar-refractivity contribution is 14.0. The van der Waals surface area contributed by atoms with Crippen molar-refractivity contribution in [1.29, 1.82) is 0 Å². The molecule has 10 heavy (non-hydrogen) atoms. The summed E-state index contributed by atoms with van der Waals surface area (Å²) in [7, 11) is 6.00. The van der Waals surface area contributed by atoms with Crippen molar-refractivity contribution in [3.8, 4) is 0 Å². The van der Waals surface area contributed by atoms with Gasteiger partial charge >= 0.3 is 0 Å². The Hall–Kier alpha value is 0.610. The standard InChI is InChI=1S/C3H7NO.C3H9N.HI/c4-1-3-2-5-3;1-4(2)3;/h3H,1-2,4H2;1-3H3;1H. The largest absolute Gasteiger partial charge is 0.372 e. The SMILES string of the molecule is CN(C)C.I.NCC1CO1. The molecule has 1 rings (SSSR count). The van der Waals surface area contributed by atoms with E-state index >= 15 is 0 Å². The highest BCUT2D eigenvalue weighted by Crippen LogP contribution is 2.03. The van der Waals surface area contributed by atoms with E-state index in [0.717, 1.165) is 6.61 Å². The van der Waals surface area contributed by atoms with Gasteiger partial charge in [-0.25, -0.2) is 0 Å². The van der Waals surface area contributed by atoms with Crippen molar-refractivity contribution in [2.24, 2.45) is 5.73 Å².